The average Bonchev–Trinajstić information content (AvgIpc) is 3.22. The zero-order valence-electron chi connectivity index (χ0n) is 15.8. The second-order valence-corrected chi connectivity index (χ2v) is 8.43. The van der Waals surface area contributed by atoms with E-state index in [1.54, 1.807) is 42.5 Å². The van der Waals surface area contributed by atoms with Crippen LogP contribution in [0.1, 0.15) is 28.8 Å². The molecule has 1 aliphatic heterocycles. The monoisotopic (exact) mass is 452 g/mol. The maximum atomic E-state index is 12.5. The van der Waals surface area contributed by atoms with Crippen LogP contribution in [0, 0.1) is 0 Å². The Morgan fingerprint density at radius 1 is 1.10 bits per heavy atom. The van der Waals surface area contributed by atoms with E-state index in [1.807, 2.05) is 0 Å². The number of carbonyl (C=O) groups excluding carboxylic acids is 2. The quantitative estimate of drug-likeness (QED) is 0.604. The highest BCUT2D eigenvalue weighted by atomic mass is 35.5. The molecule has 1 heterocycles. The van der Waals surface area contributed by atoms with Gasteiger partial charge in [-0.1, -0.05) is 41.4 Å². The van der Waals surface area contributed by atoms with Crippen molar-refractivity contribution < 1.29 is 14.3 Å². The van der Waals surface area contributed by atoms with E-state index in [9.17, 15) is 9.59 Å². The molecule has 2 N–H and O–H groups in total. The first-order chi connectivity index (χ1) is 14.0. The smallest absolute Gasteiger partial charge is 0.253 e. The van der Waals surface area contributed by atoms with E-state index in [1.165, 1.54) is 11.8 Å². The number of hydrogen-bond acceptors (Lipinski definition) is 4. The maximum Gasteiger partial charge on any atom is 0.253 e. The van der Waals surface area contributed by atoms with Gasteiger partial charge in [-0.15, -0.1) is 11.8 Å². The summed E-state index contributed by atoms with van der Waals surface area (Å²) in [5, 5.41) is 6.86. The van der Waals surface area contributed by atoms with Crippen molar-refractivity contribution >= 4 is 52.5 Å². The highest BCUT2D eigenvalue weighted by molar-refractivity contribution is 7.99. The summed E-state index contributed by atoms with van der Waals surface area (Å²) in [7, 11) is 0. The second-order valence-electron chi connectivity index (χ2n) is 6.63. The summed E-state index contributed by atoms with van der Waals surface area (Å²) in [5.41, 5.74) is 1.72. The number of benzene rings is 2. The van der Waals surface area contributed by atoms with Crippen molar-refractivity contribution in [1.82, 2.24) is 5.32 Å². The van der Waals surface area contributed by atoms with E-state index < -0.39 is 0 Å². The van der Waals surface area contributed by atoms with Crippen LogP contribution in [0.25, 0.3) is 0 Å². The van der Waals surface area contributed by atoms with Crippen LogP contribution in [-0.2, 0) is 15.3 Å². The Labute approximate surface area is 184 Å². The number of para-hydroxylation sites is 1. The number of nitrogens with one attached hydrogen (secondary N) is 2. The molecule has 1 fully saturated rings. The molecule has 2 amide bonds. The number of halogens is 2. The molecule has 0 bridgehead atoms. The SMILES string of the molecule is O=C(CSCc1c(Cl)cccc1Cl)Nc1ccccc1C(=O)NCC1CCCO1. The topological polar surface area (TPSA) is 67.4 Å². The molecule has 1 atom stereocenters. The molecule has 1 aliphatic rings. The highest BCUT2D eigenvalue weighted by Gasteiger charge is 2.18. The lowest BCUT2D eigenvalue weighted by Crippen LogP contribution is -2.32. The first-order valence-electron chi connectivity index (χ1n) is 9.34. The Hall–Kier alpha value is -1.73. The summed E-state index contributed by atoms with van der Waals surface area (Å²) in [4.78, 5) is 24.9. The van der Waals surface area contributed by atoms with Gasteiger partial charge in [0.2, 0.25) is 5.91 Å². The molecule has 1 saturated heterocycles. The molecule has 0 aromatic heterocycles. The molecule has 0 aliphatic carbocycles. The minimum Gasteiger partial charge on any atom is -0.376 e. The second kappa shape index (κ2) is 10.9. The van der Waals surface area contributed by atoms with Crippen LogP contribution in [0.5, 0.6) is 0 Å². The fourth-order valence-corrected chi connectivity index (χ4v) is 4.56. The minimum atomic E-state index is -0.230. The molecule has 0 spiro atoms. The molecule has 29 heavy (non-hydrogen) atoms. The van der Waals surface area contributed by atoms with Gasteiger partial charge in [0, 0.05) is 28.9 Å². The van der Waals surface area contributed by atoms with E-state index in [4.69, 9.17) is 27.9 Å². The van der Waals surface area contributed by atoms with Gasteiger partial charge in [-0.3, -0.25) is 9.59 Å². The first-order valence-corrected chi connectivity index (χ1v) is 11.2. The number of anilines is 1. The Bertz CT molecular complexity index is 853. The third-order valence-electron chi connectivity index (χ3n) is 4.50. The van der Waals surface area contributed by atoms with Crippen molar-refractivity contribution in [3.63, 3.8) is 0 Å². The lowest BCUT2D eigenvalue weighted by atomic mass is 10.1. The van der Waals surface area contributed by atoms with Crippen LogP contribution >= 0.6 is 35.0 Å². The van der Waals surface area contributed by atoms with Crippen molar-refractivity contribution in [2.45, 2.75) is 24.7 Å². The Morgan fingerprint density at radius 3 is 2.59 bits per heavy atom. The molecule has 2 aromatic rings. The third-order valence-corrected chi connectivity index (χ3v) is 6.17. The van der Waals surface area contributed by atoms with Crippen LogP contribution in [0.2, 0.25) is 10.0 Å². The van der Waals surface area contributed by atoms with Crippen LogP contribution < -0.4 is 10.6 Å². The van der Waals surface area contributed by atoms with E-state index in [0.717, 1.165) is 25.0 Å². The predicted molar refractivity (Wildman–Crippen MR) is 119 cm³/mol. The summed E-state index contributed by atoms with van der Waals surface area (Å²) >= 11 is 13.7. The number of carbonyl (C=O) groups is 2. The highest BCUT2D eigenvalue weighted by Crippen LogP contribution is 2.28. The number of thioether (sulfide) groups is 1. The summed E-state index contributed by atoms with van der Waals surface area (Å²) in [5.74, 6) is 0.313. The van der Waals surface area contributed by atoms with Gasteiger partial charge >= 0.3 is 0 Å². The molecule has 1 unspecified atom stereocenters. The lowest BCUT2D eigenvalue weighted by molar-refractivity contribution is -0.113. The van der Waals surface area contributed by atoms with Crippen LogP contribution in [0.3, 0.4) is 0 Å². The largest absolute Gasteiger partial charge is 0.376 e. The van der Waals surface area contributed by atoms with Gasteiger partial charge < -0.3 is 15.4 Å². The van der Waals surface area contributed by atoms with Crippen molar-refractivity contribution in [2.24, 2.45) is 0 Å². The summed E-state index contributed by atoms with van der Waals surface area (Å²) in [6.45, 7) is 1.21. The first kappa shape index (κ1) is 22.0. The molecule has 0 saturated carbocycles. The molecule has 5 nitrogen and oxygen atoms in total. The average molecular weight is 453 g/mol. The number of rotatable bonds is 8. The summed E-state index contributed by atoms with van der Waals surface area (Å²) < 4.78 is 5.53. The molecule has 3 rings (SSSR count). The van der Waals surface area contributed by atoms with E-state index in [2.05, 4.69) is 10.6 Å². The number of amides is 2. The van der Waals surface area contributed by atoms with E-state index in [-0.39, 0.29) is 23.7 Å². The van der Waals surface area contributed by atoms with Crippen LogP contribution in [0.15, 0.2) is 42.5 Å². The minimum absolute atomic E-state index is 0.0636. The Kier molecular flexibility index (Phi) is 8.24. The fraction of sp³-hybridized carbons (Fsp3) is 0.333. The van der Waals surface area contributed by atoms with Gasteiger partial charge in [-0.2, -0.15) is 0 Å². The molecular formula is C21H22Cl2N2O3S. The van der Waals surface area contributed by atoms with Crippen LogP contribution in [-0.4, -0.2) is 36.8 Å². The van der Waals surface area contributed by atoms with Crippen molar-refractivity contribution in [2.75, 3.05) is 24.2 Å². The number of ether oxygens (including phenoxy) is 1. The number of hydrogen-bond donors (Lipinski definition) is 2. The van der Waals surface area contributed by atoms with Gasteiger partial charge in [-0.25, -0.2) is 0 Å². The van der Waals surface area contributed by atoms with Gasteiger partial charge in [0.15, 0.2) is 0 Å². The molecule has 0 radical (unpaired) electrons. The standard InChI is InChI=1S/C21H22Cl2N2O3S/c22-17-7-3-8-18(23)16(17)12-29-13-20(26)25-19-9-2-1-6-15(19)21(27)24-11-14-5-4-10-28-14/h1-3,6-9,14H,4-5,10-13H2,(H,24,27)(H,25,26). The van der Waals surface area contributed by atoms with Gasteiger partial charge in [0.1, 0.15) is 0 Å². The third kappa shape index (κ3) is 6.37. The fourth-order valence-electron chi connectivity index (χ4n) is 3.00. The summed E-state index contributed by atoms with van der Waals surface area (Å²) in [6, 6.07) is 12.3. The predicted octanol–water partition coefficient (Wildman–Crippen LogP) is 4.77. The Balaban J connectivity index is 1.52. The lowest BCUT2D eigenvalue weighted by Gasteiger charge is -2.14. The Morgan fingerprint density at radius 2 is 1.86 bits per heavy atom. The van der Waals surface area contributed by atoms with Crippen molar-refractivity contribution in [1.29, 1.82) is 0 Å². The normalized spacial score (nSPS) is 15.9. The molecule has 8 heteroatoms. The summed E-state index contributed by atoms with van der Waals surface area (Å²) in [6.07, 6.45) is 2.03. The molecule has 154 valence electrons. The zero-order valence-corrected chi connectivity index (χ0v) is 18.1. The van der Waals surface area contributed by atoms with E-state index in [0.29, 0.717) is 33.6 Å². The zero-order chi connectivity index (χ0) is 20.6. The van der Waals surface area contributed by atoms with E-state index >= 15 is 0 Å². The van der Waals surface area contributed by atoms with Gasteiger partial charge in [0.05, 0.1) is 23.1 Å². The van der Waals surface area contributed by atoms with Crippen molar-refractivity contribution in [3.05, 3.63) is 63.6 Å². The van der Waals surface area contributed by atoms with Crippen LogP contribution in [0.4, 0.5) is 5.69 Å². The van der Waals surface area contributed by atoms with Gasteiger partial charge in [-0.05, 0) is 42.7 Å². The van der Waals surface area contributed by atoms with Crippen molar-refractivity contribution in [3.8, 4) is 0 Å². The molecular weight excluding hydrogens is 431 g/mol. The maximum absolute atomic E-state index is 12.5. The van der Waals surface area contributed by atoms with Gasteiger partial charge in [0.25, 0.3) is 5.91 Å². The molecule has 2 aromatic carbocycles.